The highest BCUT2D eigenvalue weighted by Gasteiger charge is 2.18. The number of aryl methyl sites for hydroxylation is 2. The summed E-state index contributed by atoms with van der Waals surface area (Å²) in [6.45, 7) is 6.27. The maximum Gasteiger partial charge on any atom is 0.327 e. The van der Waals surface area contributed by atoms with E-state index in [1.807, 2.05) is 59.3 Å². The number of pyridine rings is 1. The summed E-state index contributed by atoms with van der Waals surface area (Å²) < 4.78 is 9.72. The fraction of sp³-hybridized carbons (Fsp3) is 0.212. The zero-order chi connectivity index (χ0) is 28.7. The number of H-pyrrole nitrogens is 1. The lowest BCUT2D eigenvalue weighted by Gasteiger charge is -2.13. The van der Waals surface area contributed by atoms with Crippen LogP contribution in [0.15, 0.2) is 83.8 Å². The second-order valence-electron chi connectivity index (χ2n) is 10.7. The maximum atomic E-state index is 13.5. The third-order valence-electron chi connectivity index (χ3n) is 7.38. The van der Waals surface area contributed by atoms with Gasteiger partial charge in [0.2, 0.25) is 0 Å². The van der Waals surface area contributed by atoms with Crippen molar-refractivity contribution < 1.29 is 9.53 Å². The van der Waals surface area contributed by atoms with Gasteiger partial charge in [0.25, 0.3) is 0 Å². The van der Waals surface area contributed by atoms with Gasteiger partial charge in [0.1, 0.15) is 17.0 Å². The van der Waals surface area contributed by atoms with Crippen LogP contribution in [0.4, 0.5) is 0 Å². The van der Waals surface area contributed by atoms with Crippen LogP contribution >= 0.6 is 0 Å². The molecule has 1 N–H and O–H groups in total. The Morgan fingerprint density at radius 3 is 2.46 bits per heavy atom. The van der Waals surface area contributed by atoms with Crippen LogP contribution in [0.2, 0.25) is 0 Å². The Morgan fingerprint density at radius 1 is 0.951 bits per heavy atom. The van der Waals surface area contributed by atoms with E-state index in [0.29, 0.717) is 22.7 Å². The number of benzene rings is 3. The molecule has 0 radical (unpaired) electrons. The first kappa shape index (κ1) is 26.3. The SMILES string of the molecule is Cc1ccc(-n2nc(C(C)C)cc2CC(=O)Cc2ccc(Oc3ccnc4[nH]c(=O)n(C)c34)c3ccccc23)cc1. The molecule has 0 spiro atoms. The van der Waals surface area contributed by atoms with Crippen molar-refractivity contribution in [1.82, 2.24) is 24.3 Å². The van der Waals surface area contributed by atoms with E-state index in [9.17, 15) is 9.59 Å². The van der Waals surface area contributed by atoms with Gasteiger partial charge in [-0.2, -0.15) is 5.10 Å². The molecule has 8 heteroatoms. The summed E-state index contributed by atoms with van der Waals surface area (Å²) in [5.74, 6) is 1.51. The molecule has 0 bridgehead atoms. The normalized spacial score (nSPS) is 11.5. The first-order valence-corrected chi connectivity index (χ1v) is 13.7. The summed E-state index contributed by atoms with van der Waals surface area (Å²) in [5, 5.41) is 6.65. The third kappa shape index (κ3) is 5.04. The van der Waals surface area contributed by atoms with Gasteiger partial charge in [-0.15, -0.1) is 0 Å². The van der Waals surface area contributed by atoms with Crippen molar-refractivity contribution in [2.24, 2.45) is 7.05 Å². The summed E-state index contributed by atoms with van der Waals surface area (Å²) in [4.78, 5) is 32.6. The average Bonchev–Trinajstić information content (AvgIpc) is 3.51. The fourth-order valence-electron chi connectivity index (χ4n) is 5.15. The van der Waals surface area contributed by atoms with Crippen LogP contribution in [-0.4, -0.2) is 30.1 Å². The van der Waals surface area contributed by atoms with E-state index in [1.165, 1.54) is 10.1 Å². The highest BCUT2D eigenvalue weighted by Crippen LogP contribution is 2.34. The van der Waals surface area contributed by atoms with Gasteiger partial charge in [0.05, 0.1) is 17.1 Å². The number of fused-ring (bicyclic) bond motifs is 2. The number of aromatic amines is 1. The Balaban J connectivity index is 1.30. The van der Waals surface area contributed by atoms with E-state index in [1.54, 1.807) is 19.3 Å². The Hall–Kier alpha value is -4.98. The molecule has 0 saturated carbocycles. The number of rotatable bonds is 8. The number of hydrogen-bond donors (Lipinski definition) is 1. The van der Waals surface area contributed by atoms with Crippen LogP contribution in [0.5, 0.6) is 11.5 Å². The molecule has 3 heterocycles. The van der Waals surface area contributed by atoms with E-state index in [0.717, 1.165) is 33.4 Å². The Kier molecular flexibility index (Phi) is 6.75. The first-order valence-electron chi connectivity index (χ1n) is 13.7. The van der Waals surface area contributed by atoms with E-state index in [2.05, 4.69) is 42.9 Å². The molecule has 0 aliphatic carbocycles. The summed E-state index contributed by atoms with van der Waals surface area (Å²) in [7, 11) is 1.68. The van der Waals surface area contributed by atoms with Gasteiger partial charge in [-0.25, -0.2) is 14.5 Å². The number of hydrogen-bond acceptors (Lipinski definition) is 5. The average molecular weight is 546 g/mol. The van der Waals surface area contributed by atoms with Crippen molar-refractivity contribution in [3.05, 3.63) is 112 Å². The van der Waals surface area contributed by atoms with Gasteiger partial charge in [0, 0.05) is 37.5 Å². The Morgan fingerprint density at radius 2 is 1.71 bits per heavy atom. The summed E-state index contributed by atoms with van der Waals surface area (Å²) in [6, 6.07) is 23.7. The molecule has 6 rings (SSSR count). The first-order chi connectivity index (χ1) is 19.8. The predicted molar refractivity (Wildman–Crippen MR) is 160 cm³/mol. The lowest BCUT2D eigenvalue weighted by molar-refractivity contribution is -0.117. The number of carbonyl (C=O) groups is 1. The number of aromatic nitrogens is 5. The summed E-state index contributed by atoms with van der Waals surface area (Å²) in [6.07, 6.45) is 2.16. The molecular formula is C33H31N5O3. The van der Waals surface area contributed by atoms with E-state index < -0.39 is 0 Å². The third-order valence-corrected chi connectivity index (χ3v) is 7.38. The highest BCUT2D eigenvalue weighted by atomic mass is 16.5. The second kappa shape index (κ2) is 10.5. The number of nitrogens with zero attached hydrogens (tertiary/aromatic N) is 4. The van der Waals surface area contributed by atoms with Gasteiger partial charge in [-0.1, -0.05) is 61.9 Å². The number of nitrogens with one attached hydrogen (secondary N) is 1. The molecule has 6 aromatic rings. The number of carbonyl (C=O) groups excluding carboxylic acids is 1. The van der Waals surface area contributed by atoms with Gasteiger partial charge in [-0.3, -0.25) is 14.3 Å². The number of Topliss-reactive ketones (excluding diaryl/α,β-unsaturated/α-hetero) is 1. The van der Waals surface area contributed by atoms with Gasteiger partial charge in [-0.05, 0) is 48.1 Å². The zero-order valence-corrected chi connectivity index (χ0v) is 23.5. The minimum Gasteiger partial charge on any atom is -0.454 e. The smallest absolute Gasteiger partial charge is 0.327 e. The molecule has 8 nitrogen and oxygen atoms in total. The highest BCUT2D eigenvalue weighted by molar-refractivity contribution is 5.95. The summed E-state index contributed by atoms with van der Waals surface area (Å²) in [5.41, 5.74) is 5.69. The van der Waals surface area contributed by atoms with Crippen molar-refractivity contribution in [3.63, 3.8) is 0 Å². The minimum absolute atomic E-state index is 0.102. The van der Waals surface area contributed by atoms with Gasteiger partial charge in [0.15, 0.2) is 11.4 Å². The maximum absolute atomic E-state index is 13.5. The second-order valence-corrected chi connectivity index (χ2v) is 10.7. The monoisotopic (exact) mass is 545 g/mol. The molecular weight excluding hydrogens is 514 g/mol. The quantitative estimate of drug-likeness (QED) is 0.247. The predicted octanol–water partition coefficient (Wildman–Crippen LogP) is 6.18. The molecule has 0 aliphatic heterocycles. The lowest BCUT2D eigenvalue weighted by atomic mass is 9.98. The van der Waals surface area contributed by atoms with Crippen molar-refractivity contribution in [1.29, 1.82) is 0 Å². The van der Waals surface area contributed by atoms with Crippen LogP contribution in [0.1, 0.15) is 42.3 Å². The van der Waals surface area contributed by atoms with Gasteiger partial charge >= 0.3 is 5.69 Å². The van der Waals surface area contributed by atoms with E-state index in [4.69, 9.17) is 9.84 Å². The van der Waals surface area contributed by atoms with Crippen LogP contribution in [0, 0.1) is 6.92 Å². The van der Waals surface area contributed by atoms with Crippen molar-refractivity contribution in [2.75, 3.05) is 0 Å². The molecule has 0 fully saturated rings. The van der Waals surface area contributed by atoms with Gasteiger partial charge < -0.3 is 4.74 Å². The van der Waals surface area contributed by atoms with Crippen LogP contribution in [0.3, 0.4) is 0 Å². The standard InChI is InChI=1S/C33H31N5O3/c1-20(2)28-19-24(38(36-28)23-12-9-21(3)10-13-23)18-25(39)17-22-11-14-29(27-8-6-5-7-26(22)27)41-30-15-16-34-32-31(30)37(4)33(40)35-32/h5-16,19-20H,17-18H2,1-4H3,(H,34,35,40). The van der Waals surface area contributed by atoms with E-state index in [-0.39, 0.29) is 30.2 Å². The number of ether oxygens (including phenoxy) is 1. The van der Waals surface area contributed by atoms with E-state index >= 15 is 0 Å². The molecule has 0 aliphatic rings. The molecule has 0 amide bonds. The van der Waals surface area contributed by atoms with Crippen molar-refractivity contribution >= 4 is 27.7 Å². The lowest BCUT2D eigenvalue weighted by Crippen LogP contribution is -2.12. The fourth-order valence-corrected chi connectivity index (χ4v) is 5.15. The van der Waals surface area contributed by atoms with Crippen LogP contribution in [-0.2, 0) is 24.7 Å². The van der Waals surface area contributed by atoms with Crippen LogP contribution < -0.4 is 10.4 Å². The largest absolute Gasteiger partial charge is 0.454 e. The topological polar surface area (TPSA) is 94.8 Å². The molecule has 0 atom stereocenters. The molecule has 3 aromatic carbocycles. The molecule has 0 unspecified atom stereocenters. The van der Waals surface area contributed by atoms with Crippen molar-refractivity contribution in [2.45, 2.75) is 39.5 Å². The number of ketones is 1. The summed E-state index contributed by atoms with van der Waals surface area (Å²) >= 11 is 0. The molecule has 3 aromatic heterocycles. The zero-order valence-electron chi connectivity index (χ0n) is 23.5. The molecule has 206 valence electrons. The number of imidazole rings is 1. The van der Waals surface area contributed by atoms with Crippen LogP contribution in [0.25, 0.3) is 27.6 Å². The Labute approximate surface area is 237 Å². The molecule has 41 heavy (non-hydrogen) atoms. The molecule has 0 saturated heterocycles. The minimum atomic E-state index is -0.258. The Bertz CT molecular complexity index is 1960. The van der Waals surface area contributed by atoms with Crippen molar-refractivity contribution in [3.8, 4) is 17.2 Å².